The fraction of sp³-hybridized carbons (Fsp3) is 0.198. The monoisotopic (exact) mass is 2100 g/mol. The topological polar surface area (TPSA) is 244 Å². The Morgan fingerprint density at radius 3 is 1.01 bits per heavy atom. The zero-order chi connectivity index (χ0) is 99.9. The van der Waals surface area contributed by atoms with Crippen LogP contribution in [0.15, 0.2) is 327 Å². The number of alkyl halides is 3. The van der Waals surface area contributed by atoms with E-state index in [2.05, 4.69) is 223 Å². The number of ether oxygens (including phenoxy) is 6. The Bertz CT molecular complexity index is 6700. The first-order valence-corrected chi connectivity index (χ1v) is 53.9. The SMILES string of the molecule is C=CB1OC(C)(C)C(C)(C)O1.C=Cc1ccc(Sc2ccsc2C2OCCO2)cc1.C=Cc1ccnc(C)c1.Cc1cc(/C=C/c2ccc(Sc3ccsc3C3NC(=O)NC3=O)cc2)ccn1.Cc1cc(/C=C/c2ccc(Sc3ccsc3C3OCCO3)cc2)ccn1.Cc1cc(/C=C/c2ccc(Sc3ccsc3C=O)cc2)ccn1.O=S(=O)(Oc1ccc(Sc2ccsc2C2OCCO2)cc1)C(F)(F)F. The van der Waals surface area contributed by atoms with Crippen molar-refractivity contribution in [3.63, 3.8) is 0 Å². The van der Waals surface area contributed by atoms with Gasteiger partial charge in [0.15, 0.2) is 25.2 Å². The number of rotatable bonds is 26. The summed E-state index contributed by atoms with van der Waals surface area (Å²) < 4.78 is 107. The summed E-state index contributed by atoms with van der Waals surface area (Å²) in [6.07, 6.45) is 23.6. The predicted molar refractivity (Wildman–Crippen MR) is 568 cm³/mol. The second-order valence-electron chi connectivity index (χ2n) is 31.9. The molecular formula is C106H100BF3N6O14S11. The number of hydrogen-bond acceptors (Lipinski definition) is 28. The van der Waals surface area contributed by atoms with E-state index < -0.39 is 39.7 Å². The Morgan fingerprint density at radius 1 is 0.411 bits per heavy atom. The summed E-state index contributed by atoms with van der Waals surface area (Å²) in [7, 11) is -5.92. The van der Waals surface area contributed by atoms with Gasteiger partial charge in [-0.1, -0.05) is 175 Å². The van der Waals surface area contributed by atoms with E-state index in [1.165, 1.54) is 95.2 Å². The van der Waals surface area contributed by atoms with Crippen LogP contribution in [-0.2, 0) is 52.6 Å². The minimum Gasteiger partial charge on any atom is -0.400 e. The number of urea groups is 1. The van der Waals surface area contributed by atoms with Crippen LogP contribution in [0.3, 0.4) is 0 Å². The number of aldehydes is 1. The molecule has 5 aromatic carbocycles. The lowest BCUT2D eigenvalue weighted by molar-refractivity contribution is -0.120. The zero-order valence-corrected chi connectivity index (χ0v) is 86.9. The van der Waals surface area contributed by atoms with Crippen molar-refractivity contribution in [2.75, 3.05) is 39.6 Å². The van der Waals surface area contributed by atoms with Gasteiger partial charge in [0.25, 0.3) is 5.91 Å². The lowest BCUT2D eigenvalue weighted by Gasteiger charge is -2.32. The Labute approximate surface area is 861 Å². The van der Waals surface area contributed by atoms with Crippen LogP contribution in [0.4, 0.5) is 18.0 Å². The molecule has 728 valence electrons. The molecule has 0 saturated carbocycles. The average molecular weight is 2100 g/mol. The summed E-state index contributed by atoms with van der Waals surface area (Å²) in [4.78, 5) is 66.4. The van der Waals surface area contributed by atoms with Gasteiger partial charge in [-0.05, 0) is 278 Å². The maximum atomic E-state index is 12.3. The third-order valence-corrected chi connectivity index (χ3v) is 32.6. The molecule has 0 bridgehead atoms. The highest BCUT2D eigenvalue weighted by atomic mass is 32.2. The van der Waals surface area contributed by atoms with Gasteiger partial charge in [-0.25, -0.2) is 4.79 Å². The Kier molecular flexibility index (Phi) is 40.1. The minimum absolute atomic E-state index is 0.185. The summed E-state index contributed by atoms with van der Waals surface area (Å²) in [5, 5.41) is 14.9. The van der Waals surface area contributed by atoms with E-state index >= 15 is 0 Å². The van der Waals surface area contributed by atoms with Gasteiger partial charge in [-0.3, -0.25) is 34.8 Å². The lowest BCUT2D eigenvalue weighted by Crippen LogP contribution is -2.41. The summed E-state index contributed by atoms with van der Waals surface area (Å²) in [6.45, 7) is 30.8. The molecule has 3 amide bonds. The normalized spacial score (nSPS) is 15.5. The van der Waals surface area contributed by atoms with E-state index in [1.54, 1.807) is 88.1 Å². The van der Waals surface area contributed by atoms with E-state index in [4.69, 9.17) is 37.7 Å². The highest BCUT2D eigenvalue weighted by Gasteiger charge is 2.50. The number of amides is 3. The number of imide groups is 1. The third-order valence-electron chi connectivity index (χ3n) is 20.9. The van der Waals surface area contributed by atoms with E-state index in [9.17, 15) is 36.0 Å². The van der Waals surface area contributed by atoms with E-state index in [-0.39, 0.29) is 36.8 Å². The number of nitrogens with one attached hydrogen (secondary N) is 2. The molecule has 5 aliphatic rings. The highest BCUT2D eigenvalue weighted by Crippen LogP contribution is 2.46. The van der Waals surface area contributed by atoms with Crippen molar-refractivity contribution in [3.8, 4) is 5.75 Å². The molecule has 5 saturated heterocycles. The number of benzene rings is 5. The van der Waals surface area contributed by atoms with E-state index in [0.29, 0.717) is 44.5 Å². The van der Waals surface area contributed by atoms with Crippen LogP contribution < -0.4 is 14.8 Å². The van der Waals surface area contributed by atoms with Crippen molar-refractivity contribution < 1.29 is 77.9 Å². The summed E-state index contributed by atoms with van der Waals surface area (Å²) in [6, 6.07) is 63.9. The molecule has 2 N–H and O–H groups in total. The van der Waals surface area contributed by atoms with Gasteiger partial charge in [-0.2, -0.15) is 21.6 Å². The number of aryl methyl sites for hydroxylation is 4. The van der Waals surface area contributed by atoms with Crippen molar-refractivity contribution in [1.29, 1.82) is 0 Å². The van der Waals surface area contributed by atoms with Crippen LogP contribution in [0.25, 0.3) is 48.6 Å². The first-order chi connectivity index (χ1) is 67.9. The van der Waals surface area contributed by atoms with Gasteiger partial charge in [0.2, 0.25) is 0 Å². The fourth-order valence-corrected chi connectivity index (χ4v) is 23.4. The molecule has 9 aromatic heterocycles. The quantitative estimate of drug-likeness (QED) is 0.0168. The number of halogens is 3. The van der Waals surface area contributed by atoms with Crippen LogP contribution in [0.5, 0.6) is 5.75 Å². The number of thiophene rings is 5. The summed E-state index contributed by atoms with van der Waals surface area (Å²) >= 11 is 15.9. The largest absolute Gasteiger partial charge is 0.534 e. The average Bonchev–Trinajstić information content (AvgIpc) is 1.62. The van der Waals surface area contributed by atoms with Crippen LogP contribution in [0.1, 0.15) is 149 Å². The van der Waals surface area contributed by atoms with Crippen molar-refractivity contribution in [2.45, 2.75) is 146 Å². The van der Waals surface area contributed by atoms with Gasteiger partial charge in [0.1, 0.15) is 11.8 Å². The molecule has 0 radical (unpaired) electrons. The summed E-state index contributed by atoms with van der Waals surface area (Å²) in [5.41, 5.74) is 7.26. The molecular weight excluding hydrogens is 2000 g/mol. The number of nitrogens with zero attached hydrogens (tertiary/aromatic N) is 4. The minimum atomic E-state index is -5.67. The maximum absolute atomic E-state index is 12.3. The van der Waals surface area contributed by atoms with Gasteiger partial charge < -0.3 is 47.2 Å². The number of carbonyl (C=O) groups excluding carboxylic acids is 3. The third kappa shape index (κ3) is 32.4. The Hall–Kier alpha value is -10.7. The van der Waals surface area contributed by atoms with Crippen molar-refractivity contribution in [3.05, 3.63) is 369 Å². The van der Waals surface area contributed by atoms with Gasteiger partial charge in [0.05, 0.1) is 75.2 Å². The first kappa shape index (κ1) is 108. The second-order valence-corrected chi connectivity index (χ2v) is 43.8. The highest BCUT2D eigenvalue weighted by molar-refractivity contribution is 8.00. The second kappa shape index (κ2) is 52.5. The molecule has 0 aliphatic carbocycles. The predicted octanol–water partition coefficient (Wildman–Crippen LogP) is 28.7. The molecule has 19 rings (SSSR count). The van der Waals surface area contributed by atoms with E-state index in [1.807, 2.05) is 151 Å². The van der Waals surface area contributed by atoms with Gasteiger partial charge in [0, 0.05) is 96.5 Å². The smallest absolute Gasteiger partial charge is 0.400 e. The Balaban J connectivity index is 0.000000142. The number of carbonyl (C=O) groups is 3. The molecule has 14 aromatic rings. The standard InChI is InChI=1S/C21H17N3O2S2.C21H19NO2S2.C19H15NOS2.C15H14O2S2.C14H11F3O5S3.C8H15BO2.C8H9N/c1-13-12-15(8-10-22-13)3-2-14-4-6-16(7-5-14)28-17-9-11-27-19(17)18-20(25)24-21(26)23-18;1-15-14-17(8-10-22-15)3-2-16-4-6-18(7-5-16)26-19-9-13-25-20(19)21-23-11-12-24-21;1-14-12-16(8-10-20-14)3-2-15-4-6-17(7-5-15)23-18-9-11-22-19(18)13-21;1-2-11-3-5-12(6-4-11)19-13-7-10-18-14(13)15-16-8-9-17-15;15-14(16,17)25(18,19)22-9-1-3-10(4-2-9)24-11-5-8-23-12(11)13-20-6-7-21-13;1-6-9-10-7(2,3)8(4,5)11-9;1-3-8-4-5-9-7(2)6-8/h2-12,18H,1H3,(H2,23,24,25,26);2-10,13-14,21H,11-12H2,1H3;2-13H,1H3;2-7,10,15H,1,8-9H2;1-5,8,13H,6-7H2;6H,1H2,2-5H3;3-6H,1H2,2H3/b3*3-2+;;;;. The molecule has 5 fully saturated rings. The van der Waals surface area contributed by atoms with Crippen LogP contribution in [0, 0.1) is 27.7 Å². The van der Waals surface area contributed by atoms with E-state index in [0.717, 1.165) is 117 Å². The number of hydrogen-bond donors (Lipinski definition) is 2. The molecule has 141 heavy (non-hydrogen) atoms. The zero-order valence-electron chi connectivity index (χ0n) is 77.9. The van der Waals surface area contributed by atoms with Gasteiger partial charge in [-0.15, -0.1) is 63.3 Å². The van der Waals surface area contributed by atoms with Crippen molar-refractivity contribution >= 4 is 200 Å². The number of pyridine rings is 4. The lowest BCUT2D eigenvalue weighted by atomic mass is 9.90. The molecule has 1 unspecified atom stereocenters. The molecule has 5 aliphatic heterocycles. The molecule has 35 heteroatoms. The molecule has 14 heterocycles. The molecule has 0 spiro atoms. The van der Waals surface area contributed by atoms with Crippen molar-refractivity contribution in [2.24, 2.45) is 0 Å². The first-order valence-electron chi connectivity index (χ1n) is 44.0. The fourth-order valence-electron chi connectivity index (χ4n) is 13.2. The van der Waals surface area contributed by atoms with Crippen LogP contribution >= 0.6 is 115 Å². The Morgan fingerprint density at radius 2 is 0.709 bits per heavy atom. The van der Waals surface area contributed by atoms with Gasteiger partial charge >= 0.3 is 28.8 Å². The summed E-state index contributed by atoms with van der Waals surface area (Å²) in [5.74, 6) is 0.965. The molecule has 20 nitrogen and oxygen atoms in total. The van der Waals surface area contributed by atoms with Crippen LogP contribution in [-0.4, -0.2) is 110 Å². The van der Waals surface area contributed by atoms with Crippen LogP contribution in [0.2, 0.25) is 0 Å². The maximum Gasteiger partial charge on any atom is 0.534 e. The number of aromatic nitrogens is 4. The molecule has 1 atom stereocenters. The van der Waals surface area contributed by atoms with Crippen molar-refractivity contribution in [1.82, 2.24) is 30.6 Å².